The van der Waals surface area contributed by atoms with E-state index >= 15 is 0 Å². The third-order valence-electron chi connectivity index (χ3n) is 3.57. The van der Waals surface area contributed by atoms with E-state index in [9.17, 15) is 13.6 Å². The maximum Gasteiger partial charge on any atom is 0.410 e. The molecule has 1 aliphatic rings. The van der Waals surface area contributed by atoms with Gasteiger partial charge in [-0.1, -0.05) is 11.6 Å². The van der Waals surface area contributed by atoms with Crippen LogP contribution in [0.5, 0.6) is 0 Å². The number of aromatic nitrogens is 1. The molecule has 2 atom stereocenters. The zero-order valence-corrected chi connectivity index (χ0v) is 15.5. The number of hydrogen-bond acceptors (Lipinski definition) is 5. The molecule has 1 amide bonds. The van der Waals surface area contributed by atoms with Crippen molar-refractivity contribution in [2.24, 2.45) is 0 Å². The van der Waals surface area contributed by atoms with Crippen LogP contribution in [0, 0.1) is 0 Å². The van der Waals surface area contributed by atoms with Crippen LogP contribution in [0.2, 0.25) is 5.15 Å². The number of rotatable bonds is 4. The summed E-state index contributed by atoms with van der Waals surface area (Å²) in [4.78, 5) is 17.8. The second-order valence-corrected chi connectivity index (χ2v) is 7.79. The minimum Gasteiger partial charge on any atom is -0.755 e. The number of nitrogens with zero attached hydrogens (tertiary/aromatic N) is 3. The van der Waals surface area contributed by atoms with Crippen molar-refractivity contribution in [1.29, 1.82) is 0 Å². The van der Waals surface area contributed by atoms with Crippen molar-refractivity contribution in [2.75, 3.05) is 17.4 Å². The highest BCUT2D eigenvalue weighted by Gasteiger charge is 2.34. The lowest BCUT2D eigenvalue weighted by Gasteiger charge is -2.34. The van der Waals surface area contributed by atoms with Crippen LogP contribution in [-0.2, 0) is 16.0 Å². The Morgan fingerprint density at radius 2 is 2.29 bits per heavy atom. The van der Waals surface area contributed by atoms with Gasteiger partial charge < -0.3 is 14.2 Å². The molecule has 0 spiro atoms. The molecule has 0 N–H and O–H groups in total. The second-order valence-electron chi connectivity index (χ2n) is 6.56. The lowest BCUT2D eigenvalue weighted by atomic mass is 10.2. The summed E-state index contributed by atoms with van der Waals surface area (Å²) in [6, 6.07) is 2.92. The predicted molar refractivity (Wildman–Crippen MR) is 91.5 cm³/mol. The van der Waals surface area contributed by atoms with Gasteiger partial charge >= 0.3 is 6.09 Å². The fraction of sp³-hybridized carbons (Fsp3) is 0.600. The summed E-state index contributed by atoms with van der Waals surface area (Å²) < 4.78 is 29.8. The van der Waals surface area contributed by atoms with Crippen LogP contribution in [0.25, 0.3) is 0 Å². The zero-order valence-electron chi connectivity index (χ0n) is 13.9. The molecule has 2 rings (SSSR count). The number of hydrogen-bond donors (Lipinski definition) is 0. The lowest BCUT2D eigenvalue weighted by molar-refractivity contribution is 0.0233. The molecule has 0 radical (unpaired) electrons. The molecule has 1 aromatic heterocycles. The summed E-state index contributed by atoms with van der Waals surface area (Å²) in [5, 5.41) is 0.100. The average Bonchev–Trinajstić information content (AvgIpc) is 2.92. The largest absolute Gasteiger partial charge is 0.755 e. The highest BCUT2D eigenvalue weighted by molar-refractivity contribution is 7.80. The van der Waals surface area contributed by atoms with Crippen LogP contribution in [0.4, 0.5) is 10.5 Å². The molecule has 0 aliphatic carbocycles. The molecular weight excluding hydrogens is 354 g/mol. The van der Waals surface area contributed by atoms with Gasteiger partial charge in [0.15, 0.2) is 5.15 Å². The van der Waals surface area contributed by atoms with Gasteiger partial charge in [-0.05, 0) is 45.7 Å². The number of carbonyl (C=O) groups is 1. The SMILES string of the molecule is CC(C)(C)OC(=O)N1CCC[C@@H]1CN(c1cccnc1Cl)S(=O)[O-]. The van der Waals surface area contributed by atoms with Crippen LogP contribution in [0.1, 0.15) is 33.6 Å². The Hall–Kier alpha value is -1.38. The van der Waals surface area contributed by atoms with Gasteiger partial charge in [-0.15, -0.1) is 0 Å². The number of likely N-dealkylation sites (tertiary alicyclic amines) is 1. The minimum atomic E-state index is -2.53. The molecule has 24 heavy (non-hydrogen) atoms. The number of pyridine rings is 1. The number of carbonyl (C=O) groups excluding carboxylic acids is 1. The summed E-state index contributed by atoms with van der Waals surface area (Å²) in [6.07, 6.45) is 2.55. The summed E-state index contributed by atoms with van der Waals surface area (Å²) in [6.45, 7) is 6.04. The molecule has 0 bridgehead atoms. The van der Waals surface area contributed by atoms with Crippen LogP contribution < -0.4 is 4.31 Å². The van der Waals surface area contributed by atoms with Crippen LogP contribution in [-0.4, -0.2) is 49.5 Å². The van der Waals surface area contributed by atoms with Crippen LogP contribution in [0.15, 0.2) is 18.3 Å². The minimum absolute atomic E-state index is 0.100. The van der Waals surface area contributed by atoms with Crippen LogP contribution in [0.3, 0.4) is 0 Å². The van der Waals surface area contributed by atoms with Crippen LogP contribution >= 0.6 is 11.6 Å². The molecule has 1 unspecified atom stereocenters. The molecule has 1 saturated heterocycles. The maximum absolute atomic E-state index is 12.3. The molecule has 1 fully saturated rings. The Labute approximate surface area is 149 Å². The molecule has 2 heterocycles. The molecule has 0 aromatic carbocycles. The molecular formula is C15H21ClN3O4S-. The smallest absolute Gasteiger partial charge is 0.410 e. The average molecular weight is 375 g/mol. The first-order valence-corrected chi connectivity index (χ1v) is 9.07. The highest BCUT2D eigenvalue weighted by atomic mass is 35.5. The van der Waals surface area contributed by atoms with Gasteiger partial charge in [0.1, 0.15) is 5.60 Å². The number of amides is 1. The third kappa shape index (κ3) is 4.81. The normalized spacial score (nSPS) is 19.2. The second kappa shape index (κ2) is 7.67. The topological polar surface area (TPSA) is 85.8 Å². The number of ether oxygens (including phenoxy) is 1. The van der Waals surface area contributed by atoms with Crippen molar-refractivity contribution < 1.29 is 18.3 Å². The van der Waals surface area contributed by atoms with Gasteiger partial charge in [-0.3, -0.25) is 8.51 Å². The van der Waals surface area contributed by atoms with E-state index in [0.29, 0.717) is 18.7 Å². The summed E-state index contributed by atoms with van der Waals surface area (Å²) in [7, 11) is 0. The molecule has 1 aliphatic heterocycles. The summed E-state index contributed by atoms with van der Waals surface area (Å²) in [5.74, 6) is 0. The summed E-state index contributed by atoms with van der Waals surface area (Å²) >= 11 is 3.48. The first-order chi connectivity index (χ1) is 11.2. The lowest BCUT2D eigenvalue weighted by Crippen LogP contribution is -2.45. The Kier molecular flexibility index (Phi) is 6.06. The van der Waals surface area contributed by atoms with Crippen molar-refractivity contribution in [3.05, 3.63) is 23.5 Å². The maximum atomic E-state index is 12.3. The van der Waals surface area contributed by atoms with Crippen molar-refractivity contribution in [3.8, 4) is 0 Å². The monoisotopic (exact) mass is 374 g/mol. The van der Waals surface area contributed by atoms with E-state index in [1.807, 2.05) is 0 Å². The summed E-state index contributed by atoms with van der Waals surface area (Å²) in [5.41, 5.74) is -0.304. The highest BCUT2D eigenvalue weighted by Crippen LogP contribution is 2.27. The van der Waals surface area contributed by atoms with E-state index in [1.54, 1.807) is 37.8 Å². The fourth-order valence-electron chi connectivity index (χ4n) is 2.58. The fourth-order valence-corrected chi connectivity index (χ4v) is 3.45. The van der Waals surface area contributed by atoms with E-state index in [-0.39, 0.29) is 17.7 Å². The standard InChI is InChI=1S/C15H22ClN3O4S/c1-15(2,3)23-14(20)18-9-5-6-11(18)10-19(24(21)22)12-7-4-8-17-13(12)16/h4,7-8,11H,5-6,9-10H2,1-3H3,(H,21,22)/p-1/t11-/m1/s1. The van der Waals surface area contributed by atoms with E-state index in [4.69, 9.17) is 16.3 Å². The molecule has 1 aromatic rings. The predicted octanol–water partition coefficient (Wildman–Crippen LogP) is 2.74. The molecule has 0 saturated carbocycles. The molecule has 134 valence electrons. The third-order valence-corrected chi connectivity index (χ3v) is 4.57. The van der Waals surface area contributed by atoms with Gasteiger partial charge in [-0.2, -0.15) is 0 Å². The van der Waals surface area contributed by atoms with Crippen molar-refractivity contribution in [3.63, 3.8) is 0 Å². The van der Waals surface area contributed by atoms with Gasteiger partial charge in [0.05, 0.1) is 18.3 Å². The van der Waals surface area contributed by atoms with E-state index in [0.717, 1.165) is 10.7 Å². The zero-order chi connectivity index (χ0) is 17.9. The van der Waals surface area contributed by atoms with E-state index < -0.39 is 23.0 Å². The molecule has 9 heteroatoms. The van der Waals surface area contributed by atoms with Crippen molar-refractivity contribution in [2.45, 2.75) is 45.3 Å². The van der Waals surface area contributed by atoms with E-state index in [2.05, 4.69) is 4.98 Å². The van der Waals surface area contributed by atoms with Crippen molar-refractivity contribution in [1.82, 2.24) is 9.88 Å². The quantitative estimate of drug-likeness (QED) is 0.597. The molecule has 7 nitrogen and oxygen atoms in total. The van der Waals surface area contributed by atoms with Crippen molar-refractivity contribution >= 4 is 34.6 Å². The van der Waals surface area contributed by atoms with E-state index in [1.165, 1.54) is 6.20 Å². The number of anilines is 1. The van der Waals surface area contributed by atoms with Gasteiger partial charge in [0, 0.05) is 24.0 Å². The Morgan fingerprint density at radius 3 is 2.88 bits per heavy atom. The Bertz CT molecular complexity index is 623. The first kappa shape index (κ1) is 19.0. The Balaban J connectivity index is 2.15. The van der Waals surface area contributed by atoms with Gasteiger partial charge in [0.2, 0.25) is 0 Å². The Morgan fingerprint density at radius 1 is 1.58 bits per heavy atom. The number of halogens is 1. The van der Waals surface area contributed by atoms with Gasteiger partial charge in [-0.25, -0.2) is 9.78 Å². The van der Waals surface area contributed by atoms with Gasteiger partial charge in [0.25, 0.3) is 0 Å². The first-order valence-electron chi connectivity index (χ1n) is 7.66.